The second kappa shape index (κ2) is 4.84. The predicted molar refractivity (Wildman–Crippen MR) is 74.6 cm³/mol. The number of rotatable bonds is 2. The summed E-state index contributed by atoms with van der Waals surface area (Å²) in [6.07, 6.45) is 1.07. The standard InChI is InChI=1S/C14H16ClN3/c15-14-11(8-18-6-5-12(16)9-18)7-10-3-1-2-4-13(10)17-14/h1-4,7,12H,5-6,8-9,16H2/t12-/m0/s1. The molecule has 0 aliphatic carbocycles. The number of hydrogen-bond acceptors (Lipinski definition) is 3. The van der Waals surface area contributed by atoms with E-state index in [9.17, 15) is 0 Å². The lowest BCUT2D eigenvalue weighted by Crippen LogP contribution is -2.26. The summed E-state index contributed by atoms with van der Waals surface area (Å²) >= 11 is 6.25. The lowest BCUT2D eigenvalue weighted by molar-refractivity contribution is 0.327. The molecule has 0 spiro atoms. The molecule has 0 unspecified atom stereocenters. The van der Waals surface area contributed by atoms with Gasteiger partial charge in [-0.3, -0.25) is 4.90 Å². The van der Waals surface area contributed by atoms with Crippen LogP contribution in [-0.2, 0) is 6.54 Å². The van der Waals surface area contributed by atoms with Crippen LogP contribution in [0.4, 0.5) is 0 Å². The first-order valence-electron chi connectivity index (χ1n) is 6.24. The Bertz CT molecular complexity index is 570. The molecule has 1 fully saturated rings. The van der Waals surface area contributed by atoms with Crippen molar-refractivity contribution in [3.63, 3.8) is 0 Å². The van der Waals surface area contributed by atoms with Crippen molar-refractivity contribution in [2.75, 3.05) is 13.1 Å². The monoisotopic (exact) mass is 261 g/mol. The van der Waals surface area contributed by atoms with Crippen LogP contribution in [0.5, 0.6) is 0 Å². The van der Waals surface area contributed by atoms with E-state index in [0.717, 1.165) is 42.5 Å². The van der Waals surface area contributed by atoms with Crippen molar-refractivity contribution < 1.29 is 0 Å². The van der Waals surface area contributed by atoms with Gasteiger partial charge in [-0.2, -0.15) is 0 Å². The zero-order chi connectivity index (χ0) is 12.5. The molecule has 0 radical (unpaired) electrons. The van der Waals surface area contributed by atoms with E-state index in [-0.39, 0.29) is 0 Å². The molecular weight excluding hydrogens is 246 g/mol. The van der Waals surface area contributed by atoms with Crippen LogP contribution in [0, 0.1) is 0 Å². The van der Waals surface area contributed by atoms with E-state index >= 15 is 0 Å². The van der Waals surface area contributed by atoms with Gasteiger partial charge in [-0.15, -0.1) is 0 Å². The van der Waals surface area contributed by atoms with E-state index in [2.05, 4.69) is 22.0 Å². The summed E-state index contributed by atoms with van der Waals surface area (Å²) in [6, 6.07) is 10.5. The molecule has 3 rings (SSSR count). The van der Waals surface area contributed by atoms with Crippen LogP contribution in [-0.4, -0.2) is 29.0 Å². The Hall–Kier alpha value is -1.16. The van der Waals surface area contributed by atoms with Gasteiger partial charge in [0.25, 0.3) is 0 Å². The van der Waals surface area contributed by atoms with Crippen molar-refractivity contribution in [1.29, 1.82) is 0 Å². The van der Waals surface area contributed by atoms with Crippen molar-refractivity contribution in [1.82, 2.24) is 9.88 Å². The summed E-state index contributed by atoms with van der Waals surface area (Å²) in [4.78, 5) is 6.78. The lowest BCUT2D eigenvalue weighted by Gasteiger charge is -2.16. The normalized spacial score (nSPS) is 20.7. The highest BCUT2D eigenvalue weighted by Gasteiger charge is 2.20. The first-order valence-corrected chi connectivity index (χ1v) is 6.62. The Kier molecular flexibility index (Phi) is 3.20. The van der Waals surface area contributed by atoms with Gasteiger partial charge in [0.05, 0.1) is 5.52 Å². The van der Waals surface area contributed by atoms with Gasteiger partial charge in [0.1, 0.15) is 5.15 Å². The molecule has 3 nitrogen and oxygen atoms in total. The highest BCUT2D eigenvalue weighted by Crippen LogP contribution is 2.23. The molecule has 1 aromatic heterocycles. The third kappa shape index (κ3) is 2.34. The van der Waals surface area contributed by atoms with Crippen LogP contribution in [0.3, 0.4) is 0 Å². The molecule has 18 heavy (non-hydrogen) atoms. The van der Waals surface area contributed by atoms with Gasteiger partial charge in [0, 0.05) is 36.6 Å². The molecule has 1 saturated heterocycles. The second-order valence-corrected chi connectivity index (χ2v) is 5.27. The highest BCUT2D eigenvalue weighted by atomic mass is 35.5. The van der Waals surface area contributed by atoms with Gasteiger partial charge in [0.15, 0.2) is 0 Å². The molecule has 0 bridgehead atoms. The number of para-hydroxylation sites is 1. The maximum absolute atomic E-state index is 6.25. The molecule has 2 heterocycles. The van der Waals surface area contributed by atoms with Gasteiger partial charge in [0.2, 0.25) is 0 Å². The average Bonchev–Trinajstić information content (AvgIpc) is 2.76. The highest BCUT2D eigenvalue weighted by molar-refractivity contribution is 6.30. The number of likely N-dealkylation sites (tertiary alicyclic amines) is 1. The Morgan fingerprint density at radius 1 is 1.39 bits per heavy atom. The van der Waals surface area contributed by atoms with Gasteiger partial charge in [-0.1, -0.05) is 29.8 Å². The minimum absolute atomic E-state index is 0.303. The predicted octanol–water partition coefficient (Wildman–Crippen LogP) is 2.42. The number of nitrogens with two attached hydrogens (primary N) is 1. The van der Waals surface area contributed by atoms with Crippen LogP contribution >= 0.6 is 11.6 Å². The van der Waals surface area contributed by atoms with E-state index in [0.29, 0.717) is 11.2 Å². The van der Waals surface area contributed by atoms with Crippen molar-refractivity contribution in [3.05, 3.63) is 41.0 Å². The molecular formula is C14H16ClN3. The van der Waals surface area contributed by atoms with Crippen molar-refractivity contribution in [2.24, 2.45) is 5.73 Å². The number of benzene rings is 1. The van der Waals surface area contributed by atoms with Gasteiger partial charge in [-0.25, -0.2) is 4.98 Å². The first kappa shape index (κ1) is 11.9. The van der Waals surface area contributed by atoms with E-state index in [4.69, 9.17) is 17.3 Å². The molecule has 0 saturated carbocycles. The van der Waals surface area contributed by atoms with E-state index in [1.165, 1.54) is 0 Å². The Labute approximate surface area is 112 Å². The first-order chi connectivity index (χ1) is 8.72. The topological polar surface area (TPSA) is 42.1 Å². The molecule has 2 aromatic rings. The summed E-state index contributed by atoms with van der Waals surface area (Å²) in [5, 5.41) is 1.74. The Morgan fingerprint density at radius 3 is 3.00 bits per heavy atom. The summed E-state index contributed by atoms with van der Waals surface area (Å²) in [5.41, 5.74) is 7.95. The SMILES string of the molecule is N[C@H]1CCN(Cc2cc3ccccc3nc2Cl)C1. The average molecular weight is 262 g/mol. The van der Waals surface area contributed by atoms with Crippen molar-refractivity contribution in [3.8, 4) is 0 Å². The van der Waals surface area contributed by atoms with Gasteiger partial charge >= 0.3 is 0 Å². The number of hydrogen-bond donors (Lipinski definition) is 1. The fraction of sp³-hybridized carbons (Fsp3) is 0.357. The molecule has 1 aliphatic rings. The molecule has 1 aromatic carbocycles. The minimum Gasteiger partial charge on any atom is -0.326 e. The van der Waals surface area contributed by atoms with E-state index in [1.54, 1.807) is 0 Å². The Morgan fingerprint density at radius 2 is 2.22 bits per heavy atom. The minimum atomic E-state index is 0.303. The fourth-order valence-corrected chi connectivity index (χ4v) is 2.70. The van der Waals surface area contributed by atoms with Crippen LogP contribution < -0.4 is 5.73 Å². The Balaban J connectivity index is 1.89. The van der Waals surface area contributed by atoms with Gasteiger partial charge < -0.3 is 5.73 Å². The summed E-state index contributed by atoms with van der Waals surface area (Å²) in [6.45, 7) is 2.83. The van der Waals surface area contributed by atoms with Crippen LogP contribution in [0.15, 0.2) is 30.3 Å². The number of halogens is 1. The second-order valence-electron chi connectivity index (χ2n) is 4.91. The molecule has 4 heteroatoms. The summed E-state index contributed by atoms with van der Waals surface area (Å²) < 4.78 is 0. The maximum atomic E-state index is 6.25. The zero-order valence-corrected chi connectivity index (χ0v) is 10.9. The van der Waals surface area contributed by atoms with Crippen molar-refractivity contribution >= 4 is 22.5 Å². The number of aromatic nitrogens is 1. The quantitative estimate of drug-likeness (QED) is 0.845. The summed E-state index contributed by atoms with van der Waals surface area (Å²) in [5.74, 6) is 0. The van der Waals surface area contributed by atoms with Crippen LogP contribution in [0.2, 0.25) is 5.15 Å². The van der Waals surface area contributed by atoms with E-state index in [1.807, 2.05) is 18.2 Å². The smallest absolute Gasteiger partial charge is 0.134 e. The third-order valence-electron chi connectivity index (χ3n) is 3.45. The largest absolute Gasteiger partial charge is 0.326 e. The maximum Gasteiger partial charge on any atom is 0.134 e. The van der Waals surface area contributed by atoms with Crippen LogP contribution in [0.1, 0.15) is 12.0 Å². The van der Waals surface area contributed by atoms with E-state index < -0.39 is 0 Å². The molecule has 1 atom stereocenters. The lowest BCUT2D eigenvalue weighted by atomic mass is 10.1. The molecule has 0 amide bonds. The molecule has 94 valence electrons. The third-order valence-corrected chi connectivity index (χ3v) is 3.78. The fourth-order valence-electron chi connectivity index (χ4n) is 2.49. The van der Waals surface area contributed by atoms with Crippen molar-refractivity contribution in [2.45, 2.75) is 19.0 Å². The summed E-state index contributed by atoms with van der Waals surface area (Å²) in [7, 11) is 0. The van der Waals surface area contributed by atoms with Crippen LogP contribution in [0.25, 0.3) is 10.9 Å². The number of fused-ring (bicyclic) bond motifs is 1. The molecule has 1 aliphatic heterocycles. The number of nitrogens with zero attached hydrogens (tertiary/aromatic N) is 2. The zero-order valence-electron chi connectivity index (χ0n) is 10.1. The molecule has 2 N–H and O–H groups in total. The van der Waals surface area contributed by atoms with Gasteiger partial charge in [-0.05, 0) is 18.6 Å². The number of pyridine rings is 1.